The largest absolute Gasteiger partial charge is 0.490 e. The van der Waals surface area contributed by atoms with Crippen LogP contribution in [0.5, 0.6) is 0 Å². The first-order valence-electron chi connectivity index (χ1n) is 4.74. The predicted octanol–water partition coefficient (Wildman–Crippen LogP) is 0.542. The van der Waals surface area contributed by atoms with E-state index in [0.29, 0.717) is 6.04 Å². The fourth-order valence-corrected chi connectivity index (χ4v) is 1.34. The molecule has 9 heteroatoms. The molecular weight excluding hydrogens is 251 g/mol. The first-order valence-corrected chi connectivity index (χ1v) is 4.74. The summed E-state index contributed by atoms with van der Waals surface area (Å²) in [6.07, 6.45) is -5.08. The van der Waals surface area contributed by atoms with Crippen molar-refractivity contribution in [3.8, 4) is 0 Å². The van der Waals surface area contributed by atoms with Gasteiger partial charge in [0.2, 0.25) is 0 Å². The normalized spacial score (nSPS) is 24.1. The fourth-order valence-electron chi connectivity index (χ4n) is 1.34. The Morgan fingerprint density at radius 3 is 1.88 bits per heavy atom. The average molecular weight is 262 g/mol. The maximum Gasteiger partial charge on any atom is 0.490 e. The Morgan fingerprint density at radius 2 is 1.71 bits per heavy atom. The predicted molar refractivity (Wildman–Crippen MR) is 46.9 cm³/mol. The molecule has 0 aromatic carbocycles. The number of aliphatic carboxylic acids is 1. The summed E-state index contributed by atoms with van der Waals surface area (Å²) in [4.78, 5) is 10.7. The van der Waals surface area contributed by atoms with E-state index in [4.69, 9.17) is 9.90 Å². The highest BCUT2D eigenvalue weighted by atomic mass is 19.4. The molecule has 0 radical (unpaired) electrons. The molecule has 0 amide bonds. The Kier molecular flexibility index (Phi) is 3.92. The van der Waals surface area contributed by atoms with Crippen LogP contribution in [0.3, 0.4) is 0 Å². The quantitative estimate of drug-likeness (QED) is 0.677. The number of nitrogens with zero attached hydrogens (tertiary/aromatic N) is 1. The topological polar surface area (TPSA) is 52.6 Å². The minimum atomic E-state index is -5.08. The van der Waals surface area contributed by atoms with Gasteiger partial charge in [0.1, 0.15) is 0 Å². The highest BCUT2D eigenvalue weighted by Gasteiger charge is 2.47. The molecule has 2 fully saturated rings. The van der Waals surface area contributed by atoms with Gasteiger partial charge in [0.25, 0.3) is 5.92 Å². The van der Waals surface area contributed by atoms with Crippen LogP contribution in [0, 0.1) is 0 Å². The fraction of sp³-hybridized carbons (Fsp3) is 0.875. The van der Waals surface area contributed by atoms with E-state index in [-0.39, 0.29) is 13.1 Å². The number of halogens is 5. The van der Waals surface area contributed by atoms with Crippen molar-refractivity contribution in [1.29, 1.82) is 0 Å². The van der Waals surface area contributed by atoms with Crippen LogP contribution < -0.4 is 5.32 Å². The van der Waals surface area contributed by atoms with Gasteiger partial charge in [-0.1, -0.05) is 0 Å². The smallest absolute Gasteiger partial charge is 0.475 e. The summed E-state index contributed by atoms with van der Waals surface area (Å²) in [5, 5.41) is 10.2. The van der Waals surface area contributed by atoms with E-state index < -0.39 is 18.1 Å². The summed E-state index contributed by atoms with van der Waals surface area (Å²) < 4.78 is 56.2. The third-order valence-electron chi connectivity index (χ3n) is 2.39. The molecule has 2 N–H and O–H groups in total. The Balaban J connectivity index is 0.000000185. The summed E-state index contributed by atoms with van der Waals surface area (Å²) in [6.45, 7) is 1.71. The summed E-state index contributed by atoms with van der Waals surface area (Å²) in [5.41, 5.74) is 0. The van der Waals surface area contributed by atoms with Gasteiger partial charge in [-0.3, -0.25) is 4.90 Å². The third kappa shape index (κ3) is 4.08. The molecular formula is C8H11F5N2O2. The lowest BCUT2D eigenvalue weighted by Gasteiger charge is -2.47. The van der Waals surface area contributed by atoms with E-state index >= 15 is 0 Å². The average Bonchev–Trinajstić information content (AvgIpc) is 1.96. The number of likely N-dealkylation sites (tertiary alicyclic amines) is 1. The molecule has 2 aliphatic rings. The van der Waals surface area contributed by atoms with E-state index in [1.54, 1.807) is 0 Å². The Labute approximate surface area is 93.4 Å². The first kappa shape index (κ1) is 14.1. The molecule has 0 aliphatic carbocycles. The van der Waals surface area contributed by atoms with Crippen molar-refractivity contribution in [2.45, 2.75) is 18.1 Å². The number of nitrogens with one attached hydrogen (secondary N) is 1. The van der Waals surface area contributed by atoms with Crippen molar-refractivity contribution in [2.24, 2.45) is 0 Å². The maximum atomic E-state index is 12.2. The van der Waals surface area contributed by atoms with Crippen LogP contribution >= 0.6 is 0 Å². The van der Waals surface area contributed by atoms with Crippen molar-refractivity contribution >= 4 is 5.97 Å². The number of hydrogen-bond acceptors (Lipinski definition) is 3. The van der Waals surface area contributed by atoms with Gasteiger partial charge in [-0.25, -0.2) is 13.6 Å². The molecule has 2 rings (SSSR count). The zero-order chi connectivity index (χ0) is 13.3. The third-order valence-corrected chi connectivity index (χ3v) is 2.39. The van der Waals surface area contributed by atoms with Crippen molar-refractivity contribution in [1.82, 2.24) is 10.2 Å². The van der Waals surface area contributed by atoms with Gasteiger partial charge in [0.05, 0.1) is 13.1 Å². The Morgan fingerprint density at radius 1 is 1.29 bits per heavy atom. The van der Waals surface area contributed by atoms with Crippen molar-refractivity contribution in [3.63, 3.8) is 0 Å². The number of alkyl halides is 5. The van der Waals surface area contributed by atoms with E-state index in [2.05, 4.69) is 5.32 Å². The molecule has 4 nitrogen and oxygen atoms in total. The molecule has 2 heterocycles. The van der Waals surface area contributed by atoms with Gasteiger partial charge < -0.3 is 10.4 Å². The highest BCUT2D eigenvalue weighted by Crippen LogP contribution is 2.29. The lowest BCUT2D eigenvalue weighted by Crippen LogP contribution is -2.68. The van der Waals surface area contributed by atoms with E-state index in [9.17, 15) is 22.0 Å². The molecule has 0 spiro atoms. The molecule has 17 heavy (non-hydrogen) atoms. The van der Waals surface area contributed by atoms with Crippen LogP contribution in [0.15, 0.2) is 0 Å². The van der Waals surface area contributed by atoms with Gasteiger partial charge >= 0.3 is 12.1 Å². The van der Waals surface area contributed by atoms with E-state index in [1.807, 2.05) is 4.90 Å². The molecule has 0 saturated carbocycles. The van der Waals surface area contributed by atoms with Gasteiger partial charge in [-0.15, -0.1) is 0 Å². The molecule has 2 aliphatic heterocycles. The number of carboxylic acid groups (broad SMARTS) is 1. The van der Waals surface area contributed by atoms with Crippen molar-refractivity contribution in [3.05, 3.63) is 0 Å². The van der Waals surface area contributed by atoms with Crippen LogP contribution in [0.2, 0.25) is 0 Å². The lowest BCUT2D eigenvalue weighted by molar-refractivity contribution is -0.192. The zero-order valence-electron chi connectivity index (χ0n) is 8.60. The second kappa shape index (κ2) is 4.73. The van der Waals surface area contributed by atoms with Gasteiger partial charge in [-0.2, -0.15) is 13.2 Å². The number of carboxylic acids is 1. The number of carbonyl (C=O) groups is 1. The highest BCUT2D eigenvalue weighted by molar-refractivity contribution is 5.73. The van der Waals surface area contributed by atoms with Crippen LogP contribution in [0.25, 0.3) is 0 Å². The first-order chi connectivity index (χ1) is 7.62. The van der Waals surface area contributed by atoms with Crippen molar-refractivity contribution in [2.75, 3.05) is 26.2 Å². The van der Waals surface area contributed by atoms with Gasteiger partial charge in [0, 0.05) is 19.1 Å². The minimum Gasteiger partial charge on any atom is -0.475 e. The van der Waals surface area contributed by atoms with E-state index in [0.717, 1.165) is 13.1 Å². The van der Waals surface area contributed by atoms with Gasteiger partial charge in [-0.05, 0) is 0 Å². The molecule has 0 atom stereocenters. The SMILES string of the molecule is FC1(F)CN(C2CNC2)C1.O=C(O)C(F)(F)F. The second-order valence-electron chi connectivity index (χ2n) is 3.88. The molecule has 2 saturated heterocycles. The molecule has 100 valence electrons. The Hall–Kier alpha value is -0.960. The van der Waals surface area contributed by atoms with Crippen LogP contribution in [0.1, 0.15) is 0 Å². The van der Waals surface area contributed by atoms with Crippen LogP contribution in [0.4, 0.5) is 22.0 Å². The summed E-state index contributed by atoms with van der Waals surface area (Å²) in [6, 6.07) is 0.389. The minimum absolute atomic E-state index is 0.0284. The molecule has 0 aromatic heterocycles. The monoisotopic (exact) mass is 262 g/mol. The lowest BCUT2D eigenvalue weighted by atomic mass is 10.0. The number of hydrogen-bond donors (Lipinski definition) is 2. The summed E-state index contributed by atoms with van der Waals surface area (Å²) in [5.74, 6) is -5.15. The molecule has 0 bridgehead atoms. The van der Waals surface area contributed by atoms with Crippen LogP contribution in [-0.4, -0.2) is 60.3 Å². The zero-order valence-corrected chi connectivity index (χ0v) is 8.60. The second-order valence-corrected chi connectivity index (χ2v) is 3.88. The standard InChI is InChI=1S/C6H10F2N2.C2HF3O2/c7-6(8)3-10(4-6)5-1-9-2-5;3-2(4,5)1(6)7/h5,9H,1-4H2;(H,6,7). The van der Waals surface area contributed by atoms with Gasteiger partial charge in [0.15, 0.2) is 0 Å². The summed E-state index contributed by atoms with van der Waals surface area (Å²) >= 11 is 0. The maximum absolute atomic E-state index is 12.2. The molecule has 0 unspecified atom stereocenters. The molecule has 0 aromatic rings. The summed E-state index contributed by atoms with van der Waals surface area (Å²) in [7, 11) is 0. The number of rotatable bonds is 1. The van der Waals surface area contributed by atoms with Crippen molar-refractivity contribution < 1.29 is 31.9 Å². The Bertz CT molecular complexity index is 282. The van der Waals surface area contributed by atoms with Crippen LogP contribution in [-0.2, 0) is 4.79 Å². The van der Waals surface area contributed by atoms with E-state index in [1.165, 1.54) is 0 Å².